The van der Waals surface area contributed by atoms with Gasteiger partial charge >= 0.3 is 17.9 Å². The summed E-state index contributed by atoms with van der Waals surface area (Å²) >= 11 is 0. The van der Waals surface area contributed by atoms with Crippen LogP contribution in [0, 0.1) is 5.41 Å². The molecule has 0 aliphatic carbocycles. The Morgan fingerprint density at radius 2 is 1.41 bits per heavy atom. The van der Waals surface area contributed by atoms with Crippen molar-refractivity contribution in [2.75, 3.05) is 26.4 Å². The smallest absolute Gasteiger partial charge is 0.335 e. The van der Waals surface area contributed by atoms with Crippen molar-refractivity contribution in [1.29, 1.82) is 0 Å². The molecular formula is C29H42O8. The molecule has 1 unspecified atom stereocenters. The second kappa shape index (κ2) is 18.1. The Bertz CT molecular complexity index is 894. The van der Waals surface area contributed by atoms with Gasteiger partial charge in [0.25, 0.3) is 0 Å². The van der Waals surface area contributed by atoms with Crippen LogP contribution in [0.4, 0.5) is 0 Å². The highest BCUT2D eigenvalue weighted by Gasteiger charge is 2.38. The number of hydrogen-bond donors (Lipinski definition) is 0. The molecule has 0 radical (unpaired) electrons. The molecule has 1 heterocycles. The maximum absolute atomic E-state index is 11.1. The third-order valence-corrected chi connectivity index (χ3v) is 5.01. The Hall–Kier alpha value is -3.23. The largest absolute Gasteiger partial charge is 0.462 e. The molecule has 0 spiro atoms. The summed E-state index contributed by atoms with van der Waals surface area (Å²) in [5.41, 5.74) is 2.32. The Balaban J connectivity index is 0.000000528. The molecule has 0 amide bonds. The average molecular weight is 519 g/mol. The summed E-state index contributed by atoms with van der Waals surface area (Å²) in [4.78, 5) is 32.9. The molecule has 0 N–H and O–H groups in total. The molecule has 1 atom stereocenters. The van der Waals surface area contributed by atoms with Gasteiger partial charge < -0.3 is 23.7 Å². The predicted octanol–water partition coefficient (Wildman–Crippen LogP) is 5.33. The second-order valence-corrected chi connectivity index (χ2v) is 8.75. The first-order chi connectivity index (χ1) is 17.4. The molecule has 8 heteroatoms. The van der Waals surface area contributed by atoms with Gasteiger partial charge in [-0.3, -0.25) is 0 Å². The lowest BCUT2D eigenvalue weighted by Gasteiger charge is -2.39. The number of esters is 3. The van der Waals surface area contributed by atoms with Crippen LogP contribution < -0.4 is 0 Å². The molecule has 2 rings (SSSR count). The number of carbonyl (C=O) groups is 3. The van der Waals surface area contributed by atoms with Crippen molar-refractivity contribution in [2.45, 2.75) is 60.9 Å². The first-order valence-electron chi connectivity index (χ1n) is 12.1. The summed E-state index contributed by atoms with van der Waals surface area (Å²) in [5, 5.41) is 0. The van der Waals surface area contributed by atoms with Gasteiger partial charge in [-0.1, -0.05) is 57.0 Å². The van der Waals surface area contributed by atoms with Crippen LogP contribution in [0.15, 0.2) is 66.8 Å². The minimum atomic E-state index is -0.482. The summed E-state index contributed by atoms with van der Waals surface area (Å²) in [6.07, 6.45) is 0.500. The zero-order valence-corrected chi connectivity index (χ0v) is 23.1. The van der Waals surface area contributed by atoms with E-state index in [9.17, 15) is 14.4 Å². The zero-order valence-electron chi connectivity index (χ0n) is 23.1. The van der Waals surface area contributed by atoms with Gasteiger partial charge in [0, 0.05) is 23.3 Å². The van der Waals surface area contributed by atoms with Crippen molar-refractivity contribution in [3.05, 3.63) is 72.4 Å². The summed E-state index contributed by atoms with van der Waals surface area (Å²) in [5.74, 6) is -1.06. The molecule has 0 aromatic heterocycles. The molecule has 0 bridgehead atoms. The molecule has 8 nitrogen and oxygen atoms in total. The van der Waals surface area contributed by atoms with Gasteiger partial charge in [-0.2, -0.15) is 0 Å². The van der Waals surface area contributed by atoms with Gasteiger partial charge in [-0.25, -0.2) is 14.4 Å². The van der Waals surface area contributed by atoms with Gasteiger partial charge in [-0.05, 0) is 46.6 Å². The van der Waals surface area contributed by atoms with Crippen molar-refractivity contribution in [1.82, 2.24) is 0 Å². The highest BCUT2D eigenvalue weighted by molar-refractivity contribution is 5.87. The van der Waals surface area contributed by atoms with E-state index in [-0.39, 0.29) is 17.4 Å². The molecule has 206 valence electrons. The van der Waals surface area contributed by atoms with Gasteiger partial charge in [0.2, 0.25) is 0 Å². The van der Waals surface area contributed by atoms with Crippen LogP contribution in [0.1, 0.15) is 53.5 Å². The quantitative estimate of drug-likeness (QED) is 0.168. The number of hydrogen-bond acceptors (Lipinski definition) is 8. The van der Waals surface area contributed by atoms with Gasteiger partial charge in [0.05, 0.1) is 18.6 Å². The maximum atomic E-state index is 11.1. The van der Waals surface area contributed by atoms with Gasteiger partial charge in [-0.15, -0.1) is 0 Å². The van der Waals surface area contributed by atoms with Crippen molar-refractivity contribution < 1.29 is 38.1 Å². The normalized spacial score (nSPS) is 13.6. The van der Waals surface area contributed by atoms with Crippen molar-refractivity contribution >= 4 is 17.9 Å². The maximum Gasteiger partial charge on any atom is 0.335 e. The van der Waals surface area contributed by atoms with Gasteiger partial charge in [0.15, 0.2) is 6.29 Å². The Morgan fingerprint density at radius 1 is 0.892 bits per heavy atom. The van der Waals surface area contributed by atoms with Crippen LogP contribution in [0.3, 0.4) is 0 Å². The highest BCUT2D eigenvalue weighted by Crippen LogP contribution is 2.31. The predicted molar refractivity (Wildman–Crippen MR) is 142 cm³/mol. The van der Waals surface area contributed by atoms with E-state index in [1.807, 2.05) is 37.3 Å². The van der Waals surface area contributed by atoms with E-state index in [1.54, 1.807) is 27.7 Å². The Kier molecular flexibility index (Phi) is 16.5. The van der Waals surface area contributed by atoms with Crippen LogP contribution >= 0.6 is 0 Å². The Morgan fingerprint density at radius 3 is 1.81 bits per heavy atom. The molecule has 1 aromatic rings. The van der Waals surface area contributed by atoms with Crippen LogP contribution in [0.25, 0.3) is 0 Å². The van der Waals surface area contributed by atoms with E-state index < -0.39 is 12.3 Å². The number of rotatable bonds is 11. The fraction of sp³-hybridized carbons (Fsp3) is 0.483. The molecule has 0 saturated carbocycles. The van der Waals surface area contributed by atoms with E-state index in [2.05, 4.69) is 26.7 Å². The molecule has 1 fully saturated rings. The van der Waals surface area contributed by atoms with Crippen molar-refractivity contribution in [3.8, 4) is 0 Å². The molecule has 1 aliphatic heterocycles. The third-order valence-electron chi connectivity index (χ3n) is 5.01. The lowest BCUT2D eigenvalue weighted by Crippen LogP contribution is -2.46. The molecule has 37 heavy (non-hydrogen) atoms. The van der Waals surface area contributed by atoms with Crippen molar-refractivity contribution in [3.63, 3.8) is 0 Å². The third kappa shape index (κ3) is 14.8. The van der Waals surface area contributed by atoms with E-state index >= 15 is 0 Å². The highest BCUT2D eigenvalue weighted by atomic mass is 16.7. The topological polar surface area (TPSA) is 97.4 Å². The first kappa shape index (κ1) is 33.8. The van der Waals surface area contributed by atoms with E-state index in [4.69, 9.17) is 23.7 Å². The standard InChI is InChI=1S/C11H12O2.C10H16O3.C8H14O3/c1-9(2)11(12)13-8-10-6-4-3-5-7-10;1-4-10(5-12-6-10)7-13-9(11)8(2)3;1-5-10-7(4)11-8(9)6(2)3/h3-7H,1,8H2,2H3;2,4-7H2,1,3H3;7H,2,5H2,1,3-4H3. The Labute approximate surface area is 221 Å². The number of carbonyl (C=O) groups excluding carboxylic acids is 3. The molecule has 1 aromatic carbocycles. The van der Waals surface area contributed by atoms with Crippen LogP contribution in [-0.2, 0) is 44.7 Å². The SMILES string of the molecule is C=C(C)C(=O)OC(C)OCC.C=C(C)C(=O)OCC1(CC)COC1.C=C(C)C(=O)OCc1ccccc1. The number of benzene rings is 1. The van der Waals surface area contributed by atoms with Crippen molar-refractivity contribution in [2.24, 2.45) is 5.41 Å². The lowest BCUT2D eigenvalue weighted by atomic mass is 9.84. The fourth-order valence-corrected chi connectivity index (χ4v) is 2.49. The average Bonchev–Trinajstić information content (AvgIpc) is 2.83. The zero-order chi connectivity index (χ0) is 28.4. The molecule has 1 saturated heterocycles. The monoisotopic (exact) mass is 518 g/mol. The summed E-state index contributed by atoms with van der Waals surface area (Å²) in [6.45, 7) is 23.6. The minimum Gasteiger partial charge on any atom is -0.462 e. The minimum absolute atomic E-state index is 0.0745. The summed E-state index contributed by atoms with van der Waals surface area (Å²) in [7, 11) is 0. The van der Waals surface area contributed by atoms with Crippen LogP contribution in [0.2, 0.25) is 0 Å². The summed E-state index contributed by atoms with van der Waals surface area (Å²) < 4.78 is 24.9. The first-order valence-corrected chi connectivity index (χ1v) is 12.1. The fourth-order valence-electron chi connectivity index (χ4n) is 2.49. The molecular weight excluding hydrogens is 476 g/mol. The van der Waals surface area contributed by atoms with Gasteiger partial charge in [0.1, 0.15) is 13.2 Å². The van der Waals surface area contributed by atoms with Crippen LogP contribution in [-0.4, -0.2) is 50.6 Å². The lowest BCUT2D eigenvalue weighted by molar-refractivity contribution is -0.169. The van der Waals surface area contributed by atoms with E-state index in [1.165, 1.54) is 0 Å². The number of ether oxygens (including phenoxy) is 5. The molecule has 1 aliphatic rings. The second-order valence-electron chi connectivity index (χ2n) is 8.75. The van der Waals surface area contributed by atoms with Crippen LogP contribution in [0.5, 0.6) is 0 Å². The summed E-state index contributed by atoms with van der Waals surface area (Å²) in [6, 6.07) is 9.55. The van der Waals surface area contributed by atoms with E-state index in [0.29, 0.717) is 49.8 Å². The van der Waals surface area contributed by atoms with E-state index in [0.717, 1.165) is 12.0 Å².